The first kappa shape index (κ1) is 14.6. The molecular formula is C12H24O3. The Kier molecular flexibility index (Phi) is 11.4. The van der Waals surface area contributed by atoms with Crippen molar-refractivity contribution >= 4 is 0 Å². The van der Waals surface area contributed by atoms with Gasteiger partial charge in [0.15, 0.2) is 0 Å². The molecule has 90 valence electrons. The lowest BCUT2D eigenvalue weighted by molar-refractivity contribution is 0.106. The molecule has 1 N–H and O–H groups in total. The van der Waals surface area contributed by atoms with Gasteiger partial charge in [0.2, 0.25) is 0 Å². The summed E-state index contributed by atoms with van der Waals surface area (Å²) in [5.41, 5.74) is 1.07. The van der Waals surface area contributed by atoms with E-state index in [0.717, 1.165) is 51.1 Å². The molecule has 0 atom stereocenters. The number of hydrogen-bond acceptors (Lipinski definition) is 3. The maximum atomic E-state index is 8.53. The minimum atomic E-state index is 0.262. The summed E-state index contributed by atoms with van der Waals surface area (Å²) in [7, 11) is 0. The van der Waals surface area contributed by atoms with E-state index in [1.54, 1.807) is 0 Å². The number of hydrogen-bond donors (Lipinski definition) is 1. The molecule has 0 unspecified atom stereocenters. The normalized spacial score (nSPS) is 10.5. The molecule has 0 aliphatic carbocycles. The molecule has 0 aliphatic heterocycles. The summed E-state index contributed by atoms with van der Waals surface area (Å²) >= 11 is 0. The summed E-state index contributed by atoms with van der Waals surface area (Å²) < 4.78 is 10.7. The summed E-state index contributed by atoms with van der Waals surface area (Å²) in [4.78, 5) is 0. The van der Waals surface area contributed by atoms with Crippen LogP contribution >= 0.6 is 0 Å². The van der Waals surface area contributed by atoms with Gasteiger partial charge in [-0.25, -0.2) is 0 Å². The molecule has 0 aliphatic rings. The maximum absolute atomic E-state index is 8.53. The van der Waals surface area contributed by atoms with Gasteiger partial charge in [0.1, 0.15) is 0 Å². The Hall–Kier alpha value is -0.380. The van der Waals surface area contributed by atoms with E-state index in [-0.39, 0.29) is 6.61 Å². The molecule has 0 heterocycles. The molecule has 0 aromatic rings. The van der Waals surface area contributed by atoms with E-state index >= 15 is 0 Å². The van der Waals surface area contributed by atoms with Gasteiger partial charge >= 0.3 is 0 Å². The van der Waals surface area contributed by atoms with Crippen molar-refractivity contribution in [2.45, 2.75) is 32.6 Å². The van der Waals surface area contributed by atoms with Crippen LogP contribution in [-0.2, 0) is 9.47 Å². The van der Waals surface area contributed by atoms with Gasteiger partial charge in [-0.1, -0.05) is 12.2 Å². The second-order valence-electron chi connectivity index (χ2n) is 3.76. The van der Waals surface area contributed by atoms with Crippen LogP contribution in [0.5, 0.6) is 0 Å². The van der Waals surface area contributed by atoms with Crippen molar-refractivity contribution in [1.82, 2.24) is 0 Å². The van der Waals surface area contributed by atoms with Crippen molar-refractivity contribution in [2.75, 3.05) is 33.0 Å². The lowest BCUT2D eigenvalue weighted by Crippen LogP contribution is -2.01. The van der Waals surface area contributed by atoms with Crippen LogP contribution in [0.25, 0.3) is 0 Å². The standard InChI is InChI=1S/C12H24O3/c1-12(2)11-15-10-6-5-9-14-8-4-3-7-13/h13H,1,3-11H2,2H3. The lowest BCUT2D eigenvalue weighted by Gasteiger charge is -2.04. The smallest absolute Gasteiger partial charge is 0.0671 e. The van der Waals surface area contributed by atoms with Crippen LogP contribution < -0.4 is 0 Å². The highest BCUT2D eigenvalue weighted by Crippen LogP contribution is 1.95. The van der Waals surface area contributed by atoms with Crippen LogP contribution in [0, 0.1) is 0 Å². The van der Waals surface area contributed by atoms with Crippen molar-refractivity contribution in [3.8, 4) is 0 Å². The molecular weight excluding hydrogens is 192 g/mol. The molecule has 0 rings (SSSR count). The predicted molar refractivity (Wildman–Crippen MR) is 62.0 cm³/mol. The molecule has 0 aromatic heterocycles. The van der Waals surface area contributed by atoms with E-state index in [0.29, 0.717) is 6.61 Å². The Balaban J connectivity index is 2.89. The first-order valence-corrected chi connectivity index (χ1v) is 5.68. The van der Waals surface area contributed by atoms with Crippen LogP contribution in [0.4, 0.5) is 0 Å². The Morgan fingerprint density at radius 3 is 2.07 bits per heavy atom. The summed E-state index contributed by atoms with van der Waals surface area (Å²) in [6.45, 7) is 8.98. The third-order valence-electron chi connectivity index (χ3n) is 1.87. The minimum absolute atomic E-state index is 0.262. The minimum Gasteiger partial charge on any atom is -0.396 e. The van der Waals surface area contributed by atoms with Gasteiger partial charge < -0.3 is 14.6 Å². The lowest BCUT2D eigenvalue weighted by atomic mass is 10.3. The molecule has 15 heavy (non-hydrogen) atoms. The van der Waals surface area contributed by atoms with Gasteiger partial charge in [0.25, 0.3) is 0 Å². The molecule has 3 nitrogen and oxygen atoms in total. The van der Waals surface area contributed by atoms with E-state index in [4.69, 9.17) is 14.6 Å². The highest BCUT2D eigenvalue weighted by atomic mass is 16.5. The molecule has 0 fully saturated rings. The average molecular weight is 216 g/mol. The molecule has 0 amide bonds. The summed E-state index contributed by atoms with van der Waals surface area (Å²) in [5, 5.41) is 8.53. The molecule has 0 radical (unpaired) electrons. The van der Waals surface area contributed by atoms with Crippen molar-refractivity contribution in [1.29, 1.82) is 0 Å². The van der Waals surface area contributed by atoms with Crippen LogP contribution in [0.1, 0.15) is 32.6 Å². The zero-order chi connectivity index (χ0) is 11.4. The summed E-state index contributed by atoms with van der Waals surface area (Å²) in [6.07, 6.45) is 3.85. The third-order valence-corrected chi connectivity index (χ3v) is 1.87. The largest absolute Gasteiger partial charge is 0.396 e. The molecule has 0 saturated carbocycles. The number of aliphatic hydroxyl groups excluding tert-OH is 1. The molecule has 0 aromatic carbocycles. The Bertz CT molecular complexity index is 146. The van der Waals surface area contributed by atoms with Crippen molar-refractivity contribution in [2.24, 2.45) is 0 Å². The second kappa shape index (κ2) is 11.7. The summed E-state index contributed by atoms with van der Waals surface area (Å²) in [5.74, 6) is 0. The number of aliphatic hydroxyl groups is 1. The number of ether oxygens (including phenoxy) is 2. The van der Waals surface area contributed by atoms with Crippen molar-refractivity contribution in [3.05, 3.63) is 12.2 Å². The molecule has 0 spiro atoms. The fraction of sp³-hybridized carbons (Fsp3) is 0.833. The number of unbranched alkanes of at least 4 members (excludes halogenated alkanes) is 2. The number of rotatable bonds is 11. The Labute approximate surface area is 93.1 Å². The van der Waals surface area contributed by atoms with E-state index < -0.39 is 0 Å². The SMILES string of the molecule is C=C(C)COCCCCOCCCCO. The second-order valence-corrected chi connectivity index (χ2v) is 3.76. The predicted octanol–water partition coefficient (Wildman–Crippen LogP) is 2.15. The van der Waals surface area contributed by atoms with E-state index in [1.807, 2.05) is 6.92 Å². The highest BCUT2D eigenvalue weighted by Gasteiger charge is 1.92. The van der Waals surface area contributed by atoms with Gasteiger partial charge in [0.05, 0.1) is 6.61 Å². The van der Waals surface area contributed by atoms with Crippen LogP contribution in [0.3, 0.4) is 0 Å². The quantitative estimate of drug-likeness (QED) is 0.425. The zero-order valence-electron chi connectivity index (χ0n) is 9.83. The molecule has 0 saturated heterocycles. The molecule has 0 bridgehead atoms. The molecule has 3 heteroatoms. The van der Waals surface area contributed by atoms with Crippen LogP contribution in [-0.4, -0.2) is 38.1 Å². The Morgan fingerprint density at radius 1 is 1.00 bits per heavy atom. The third kappa shape index (κ3) is 13.6. The topological polar surface area (TPSA) is 38.7 Å². The monoisotopic (exact) mass is 216 g/mol. The fourth-order valence-corrected chi connectivity index (χ4v) is 1.07. The van der Waals surface area contributed by atoms with Gasteiger partial charge in [-0.2, -0.15) is 0 Å². The maximum Gasteiger partial charge on any atom is 0.0671 e. The van der Waals surface area contributed by atoms with E-state index in [1.165, 1.54) is 0 Å². The first-order chi connectivity index (χ1) is 7.27. The van der Waals surface area contributed by atoms with Gasteiger partial charge in [-0.15, -0.1) is 0 Å². The van der Waals surface area contributed by atoms with E-state index in [2.05, 4.69) is 6.58 Å². The van der Waals surface area contributed by atoms with Crippen molar-refractivity contribution in [3.63, 3.8) is 0 Å². The average Bonchev–Trinajstić information content (AvgIpc) is 2.20. The zero-order valence-corrected chi connectivity index (χ0v) is 9.83. The highest BCUT2D eigenvalue weighted by molar-refractivity contribution is 4.87. The fourth-order valence-electron chi connectivity index (χ4n) is 1.07. The van der Waals surface area contributed by atoms with Gasteiger partial charge in [0, 0.05) is 26.4 Å². The Morgan fingerprint density at radius 2 is 1.53 bits per heavy atom. The van der Waals surface area contributed by atoms with Gasteiger partial charge in [-0.05, 0) is 32.6 Å². The summed E-state index contributed by atoms with van der Waals surface area (Å²) in [6, 6.07) is 0. The van der Waals surface area contributed by atoms with Crippen LogP contribution in [0.2, 0.25) is 0 Å². The van der Waals surface area contributed by atoms with Gasteiger partial charge in [-0.3, -0.25) is 0 Å². The van der Waals surface area contributed by atoms with Crippen molar-refractivity contribution < 1.29 is 14.6 Å². The van der Waals surface area contributed by atoms with Crippen LogP contribution in [0.15, 0.2) is 12.2 Å². The first-order valence-electron chi connectivity index (χ1n) is 5.68. The van der Waals surface area contributed by atoms with E-state index in [9.17, 15) is 0 Å².